The first kappa shape index (κ1) is 20.9. The zero-order valence-electron chi connectivity index (χ0n) is 17.7. The largest absolute Gasteiger partial charge is 0.352 e. The van der Waals surface area contributed by atoms with Crippen LogP contribution in [0.15, 0.2) is 42.5 Å². The molecule has 0 saturated carbocycles. The van der Waals surface area contributed by atoms with Crippen molar-refractivity contribution in [3.63, 3.8) is 0 Å². The molecule has 2 aromatic carbocycles. The van der Waals surface area contributed by atoms with Gasteiger partial charge < -0.3 is 10.2 Å². The predicted octanol–water partition coefficient (Wildman–Crippen LogP) is 3.67. The van der Waals surface area contributed by atoms with Crippen molar-refractivity contribution >= 4 is 22.8 Å². The summed E-state index contributed by atoms with van der Waals surface area (Å²) >= 11 is 0. The molecule has 1 aromatic heterocycles. The summed E-state index contributed by atoms with van der Waals surface area (Å²) in [5.41, 5.74) is 4.25. The lowest BCUT2D eigenvalue weighted by atomic mass is 9.97. The van der Waals surface area contributed by atoms with Crippen molar-refractivity contribution in [1.29, 1.82) is 0 Å². The van der Waals surface area contributed by atoms with Crippen LogP contribution in [0.3, 0.4) is 0 Å². The van der Waals surface area contributed by atoms with Gasteiger partial charge in [-0.25, -0.2) is 14.4 Å². The Labute approximate surface area is 180 Å². The third-order valence-electron chi connectivity index (χ3n) is 5.79. The molecular weight excluding hydrogens is 395 g/mol. The van der Waals surface area contributed by atoms with Crippen LogP contribution in [0.25, 0.3) is 11.0 Å². The highest BCUT2D eigenvalue weighted by molar-refractivity contribution is 5.97. The first-order valence-electron chi connectivity index (χ1n) is 10.5. The van der Waals surface area contributed by atoms with Crippen LogP contribution in [0, 0.1) is 25.6 Å². The molecule has 3 aromatic rings. The molecule has 1 saturated heterocycles. The van der Waals surface area contributed by atoms with Crippen LogP contribution in [0.2, 0.25) is 0 Å². The Bertz CT molecular complexity index is 1130. The molecule has 1 N–H and O–H groups in total. The number of nitrogens with zero attached hydrogens (tertiary/aromatic N) is 3. The van der Waals surface area contributed by atoms with Gasteiger partial charge in [0.15, 0.2) is 0 Å². The lowest BCUT2D eigenvalue weighted by molar-refractivity contribution is 0.0671. The van der Waals surface area contributed by atoms with Gasteiger partial charge in [0.05, 0.1) is 22.4 Å². The number of nitrogens with one attached hydrogen (secondary N) is 1. The van der Waals surface area contributed by atoms with E-state index in [-0.39, 0.29) is 23.5 Å². The van der Waals surface area contributed by atoms with Gasteiger partial charge in [-0.1, -0.05) is 0 Å². The maximum atomic E-state index is 13.1. The van der Waals surface area contributed by atoms with Crippen molar-refractivity contribution in [2.24, 2.45) is 5.92 Å². The van der Waals surface area contributed by atoms with Gasteiger partial charge in [-0.15, -0.1) is 0 Å². The van der Waals surface area contributed by atoms with Gasteiger partial charge in [-0.3, -0.25) is 9.59 Å². The second kappa shape index (κ2) is 8.79. The highest BCUT2D eigenvalue weighted by Crippen LogP contribution is 2.20. The van der Waals surface area contributed by atoms with Gasteiger partial charge in [0.25, 0.3) is 11.8 Å². The Morgan fingerprint density at radius 1 is 1.03 bits per heavy atom. The molecule has 0 bridgehead atoms. The van der Waals surface area contributed by atoms with Crippen LogP contribution < -0.4 is 5.32 Å². The molecule has 6 nitrogen and oxygen atoms in total. The number of hydrogen-bond donors (Lipinski definition) is 1. The number of amides is 2. The van der Waals surface area contributed by atoms with Gasteiger partial charge in [0.1, 0.15) is 5.82 Å². The molecule has 1 aliphatic heterocycles. The molecule has 31 heavy (non-hydrogen) atoms. The molecule has 2 heterocycles. The van der Waals surface area contributed by atoms with E-state index in [1.807, 2.05) is 24.8 Å². The third kappa shape index (κ3) is 4.71. The number of benzene rings is 2. The fourth-order valence-electron chi connectivity index (χ4n) is 3.90. The van der Waals surface area contributed by atoms with E-state index in [9.17, 15) is 14.0 Å². The van der Waals surface area contributed by atoms with Crippen LogP contribution in [0.4, 0.5) is 4.39 Å². The van der Waals surface area contributed by atoms with E-state index in [2.05, 4.69) is 15.3 Å². The summed E-state index contributed by atoms with van der Waals surface area (Å²) in [7, 11) is 0. The molecule has 2 amide bonds. The molecular formula is C24H25FN4O2. The van der Waals surface area contributed by atoms with Crippen molar-refractivity contribution in [2.45, 2.75) is 26.7 Å². The average Bonchev–Trinajstić information content (AvgIpc) is 2.78. The molecule has 160 valence electrons. The van der Waals surface area contributed by atoms with Gasteiger partial charge >= 0.3 is 0 Å². The van der Waals surface area contributed by atoms with E-state index in [1.165, 1.54) is 24.3 Å². The Hall–Kier alpha value is -3.35. The van der Waals surface area contributed by atoms with Crippen molar-refractivity contribution < 1.29 is 14.0 Å². The predicted molar refractivity (Wildman–Crippen MR) is 116 cm³/mol. The Morgan fingerprint density at radius 3 is 2.45 bits per heavy atom. The minimum absolute atomic E-state index is 0.0310. The van der Waals surface area contributed by atoms with Crippen molar-refractivity contribution in [2.75, 3.05) is 19.6 Å². The van der Waals surface area contributed by atoms with Gasteiger partial charge in [0.2, 0.25) is 0 Å². The summed E-state index contributed by atoms with van der Waals surface area (Å²) in [6.45, 7) is 5.58. The summed E-state index contributed by atoms with van der Waals surface area (Å²) in [6.07, 6.45) is 1.82. The number of aromatic nitrogens is 2. The minimum atomic E-state index is -0.372. The van der Waals surface area contributed by atoms with Crippen LogP contribution in [0.5, 0.6) is 0 Å². The fraction of sp³-hybridized carbons (Fsp3) is 0.333. The lowest BCUT2D eigenvalue weighted by Gasteiger charge is -2.33. The molecule has 0 unspecified atom stereocenters. The standard InChI is InChI=1S/C24H25FN4O2/c1-15-16(2)28-22-12-19(7-10-21(22)27-15)24(31)29-11-3-4-17(14-29)13-26-23(30)18-5-8-20(25)9-6-18/h5-10,12,17H,3-4,11,13-14H2,1-2H3,(H,26,30)/t17-/m1/s1. The Morgan fingerprint density at radius 2 is 1.71 bits per heavy atom. The van der Waals surface area contributed by atoms with E-state index >= 15 is 0 Å². The SMILES string of the molecule is Cc1nc2ccc(C(=O)N3CCC[C@H](CNC(=O)c4ccc(F)cc4)C3)cc2nc1C. The first-order chi connectivity index (χ1) is 14.9. The molecule has 4 rings (SSSR count). The number of piperidine rings is 1. The summed E-state index contributed by atoms with van der Waals surface area (Å²) in [4.78, 5) is 36.3. The third-order valence-corrected chi connectivity index (χ3v) is 5.79. The number of halogens is 1. The van der Waals surface area contributed by atoms with E-state index in [1.54, 1.807) is 12.1 Å². The molecule has 0 spiro atoms. The molecule has 0 aliphatic carbocycles. The number of carbonyl (C=O) groups is 2. The first-order valence-corrected chi connectivity index (χ1v) is 10.5. The van der Waals surface area contributed by atoms with Crippen LogP contribution in [-0.2, 0) is 0 Å². The van der Waals surface area contributed by atoms with Gasteiger partial charge in [-0.05, 0) is 75.1 Å². The summed E-state index contributed by atoms with van der Waals surface area (Å²) in [5.74, 6) is -0.464. The quantitative estimate of drug-likeness (QED) is 0.699. The average molecular weight is 420 g/mol. The highest BCUT2D eigenvalue weighted by atomic mass is 19.1. The number of aryl methyl sites for hydroxylation is 2. The van der Waals surface area contributed by atoms with E-state index in [4.69, 9.17) is 0 Å². The lowest BCUT2D eigenvalue weighted by Crippen LogP contribution is -2.43. The molecule has 0 radical (unpaired) electrons. The van der Waals surface area contributed by atoms with E-state index < -0.39 is 0 Å². The molecule has 1 atom stereocenters. The molecule has 1 aliphatic rings. The van der Waals surface area contributed by atoms with Gasteiger partial charge in [-0.2, -0.15) is 0 Å². The summed E-state index contributed by atoms with van der Waals surface area (Å²) in [5, 5.41) is 2.91. The topological polar surface area (TPSA) is 75.2 Å². The maximum Gasteiger partial charge on any atom is 0.253 e. The number of likely N-dealkylation sites (tertiary alicyclic amines) is 1. The van der Waals surface area contributed by atoms with Crippen LogP contribution in [0.1, 0.15) is 44.9 Å². The number of carbonyl (C=O) groups excluding carboxylic acids is 2. The highest BCUT2D eigenvalue weighted by Gasteiger charge is 2.25. The second-order valence-corrected chi connectivity index (χ2v) is 8.07. The fourth-order valence-corrected chi connectivity index (χ4v) is 3.90. The van der Waals surface area contributed by atoms with Gasteiger partial charge in [0, 0.05) is 30.8 Å². The smallest absolute Gasteiger partial charge is 0.253 e. The molecule has 7 heteroatoms. The maximum absolute atomic E-state index is 13.1. The monoisotopic (exact) mass is 420 g/mol. The molecule has 1 fully saturated rings. The van der Waals surface area contributed by atoms with E-state index in [0.717, 1.165) is 29.7 Å². The second-order valence-electron chi connectivity index (χ2n) is 8.07. The summed E-state index contributed by atoms with van der Waals surface area (Å²) in [6, 6.07) is 10.9. The van der Waals surface area contributed by atoms with Crippen molar-refractivity contribution in [3.8, 4) is 0 Å². The Balaban J connectivity index is 1.40. The zero-order valence-corrected chi connectivity index (χ0v) is 17.7. The van der Waals surface area contributed by atoms with Crippen molar-refractivity contribution in [3.05, 3.63) is 70.8 Å². The zero-order chi connectivity index (χ0) is 22.0. The van der Waals surface area contributed by atoms with Crippen LogP contribution in [-0.4, -0.2) is 46.3 Å². The normalized spacial score (nSPS) is 16.4. The van der Waals surface area contributed by atoms with Crippen LogP contribution >= 0.6 is 0 Å². The number of hydrogen-bond acceptors (Lipinski definition) is 4. The number of rotatable bonds is 4. The minimum Gasteiger partial charge on any atom is -0.352 e. The van der Waals surface area contributed by atoms with Crippen molar-refractivity contribution in [1.82, 2.24) is 20.2 Å². The van der Waals surface area contributed by atoms with E-state index in [0.29, 0.717) is 36.3 Å². The summed E-state index contributed by atoms with van der Waals surface area (Å²) < 4.78 is 13.0. The number of fused-ring (bicyclic) bond motifs is 1. The Kier molecular flexibility index (Phi) is 5.93.